The molecule has 0 atom stereocenters. The first-order valence-corrected chi connectivity index (χ1v) is 6.48. The Kier molecular flexibility index (Phi) is 3.86. The minimum absolute atomic E-state index is 0.0163. The number of hydrogen-bond acceptors (Lipinski definition) is 4. The van der Waals surface area contributed by atoms with Crippen LogP contribution < -0.4 is 5.73 Å². The molecule has 2 aromatic rings. The number of nitrogens with zero attached hydrogens (tertiary/aromatic N) is 1. The summed E-state index contributed by atoms with van der Waals surface area (Å²) < 4.78 is 77.8. The molecule has 0 radical (unpaired) electrons. The van der Waals surface area contributed by atoms with Crippen molar-refractivity contribution in [2.75, 3.05) is 5.73 Å². The van der Waals surface area contributed by atoms with Gasteiger partial charge in [0, 0.05) is 5.56 Å². The first-order valence-electron chi connectivity index (χ1n) is 5.66. The molecular weight excluding hydrogens is 334 g/mol. The molecule has 1 aromatic heterocycles. The molecule has 0 saturated carbocycles. The van der Waals surface area contributed by atoms with Gasteiger partial charge in [0.15, 0.2) is 5.13 Å². The molecule has 0 amide bonds. The second-order valence-electron chi connectivity index (χ2n) is 4.30. The molecule has 0 fully saturated rings. The topological polar surface area (TPSA) is 59.1 Å². The Balaban J connectivity index is 2.75. The maximum atomic E-state index is 13.0. The van der Waals surface area contributed by atoms with Crippen molar-refractivity contribution in [1.82, 2.24) is 4.98 Å². The van der Waals surface area contributed by atoms with Gasteiger partial charge in [0.2, 0.25) is 0 Å². The third kappa shape index (κ3) is 2.52. The molecule has 2 rings (SSSR count). The van der Waals surface area contributed by atoms with Crippen molar-refractivity contribution in [3.8, 4) is 11.3 Å². The Hall–Kier alpha value is -1.81. The number of hydrogen-bond donors (Lipinski definition) is 2. The number of alkyl halides is 6. The van der Waals surface area contributed by atoms with Crippen molar-refractivity contribution in [1.29, 1.82) is 0 Å². The molecule has 0 aliphatic heterocycles. The molecule has 22 heavy (non-hydrogen) atoms. The fraction of sp³-hybridized carbons (Fsp3) is 0.250. The number of thiazole rings is 1. The normalized spacial score (nSPS) is 13.4. The Morgan fingerprint density at radius 3 is 1.91 bits per heavy atom. The van der Waals surface area contributed by atoms with E-state index in [0.717, 1.165) is 0 Å². The minimum Gasteiger partial charge on any atom is -0.375 e. The van der Waals surface area contributed by atoms with E-state index in [-0.39, 0.29) is 16.9 Å². The lowest BCUT2D eigenvalue weighted by atomic mass is 9.96. The van der Waals surface area contributed by atoms with Crippen LogP contribution in [0.2, 0.25) is 0 Å². The number of nitrogen functional groups attached to an aromatic ring is 1. The summed E-state index contributed by atoms with van der Waals surface area (Å²) in [4.78, 5) is 2.10. The summed E-state index contributed by atoms with van der Waals surface area (Å²) in [5.41, 5.74) is -0.448. The van der Waals surface area contributed by atoms with Gasteiger partial charge >= 0.3 is 12.4 Å². The Morgan fingerprint density at radius 2 is 1.45 bits per heavy atom. The number of nitrogens with two attached hydrogens (primary N) is 1. The molecule has 3 nitrogen and oxygen atoms in total. The summed E-state index contributed by atoms with van der Waals surface area (Å²) in [6, 6.07) is 6.89. The average Bonchev–Trinajstić information content (AvgIpc) is 2.78. The second kappa shape index (κ2) is 5.13. The molecule has 0 spiro atoms. The standard InChI is InChI=1S/C12H8F6N2OS/c13-11(14,15)10(21,12(16,17)18)8-7(20-9(19)22-8)6-4-2-1-3-5-6/h1-5,21H,(H2,19,20). The van der Waals surface area contributed by atoms with E-state index in [4.69, 9.17) is 5.73 Å². The van der Waals surface area contributed by atoms with E-state index in [9.17, 15) is 31.4 Å². The molecule has 0 aliphatic carbocycles. The zero-order chi connectivity index (χ0) is 16.8. The summed E-state index contributed by atoms with van der Waals surface area (Å²) in [5.74, 6) is 0. The quantitative estimate of drug-likeness (QED) is 0.818. The van der Waals surface area contributed by atoms with Crippen molar-refractivity contribution in [2.45, 2.75) is 18.0 Å². The lowest BCUT2D eigenvalue weighted by Gasteiger charge is -2.31. The highest BCUT2D eigenvalue weighted by atomic mass is 32.1. The zero-order valence-corrected chi connectivity index (χ0v) is 11.4. The summed E-state index contributed by atoms with van der Waals surface area (Å²) in [5, 5.41) is 8.96. The van der Waals surface area contributed by atoms with Crippen LogP contribution in [0.1, 0.15) is 4.88 Å². The van der Waals surface area contributed by atoms with E-state index >= 15 is 0 Å². The third-order valence-electron chi connectivity index (χ3n) is 2.84. The van der Waals surface area contributed by atoms with E-state index in [2.05, 4.69) is 4.98 Å². The van der Waals surface area contributed by atoms with Crippen LogP contribution in [0.15, 0.2) is 30.3 Å². The van der Waals surface area contributed by atoms with E-state index in [1.807, 2.05) is 0 Å². The van der Waals surface area contributed by atoms with Gasteiger partial charge in [-0.2, -0.15) is 26.3 Å². The fourth-order valence-electron chi connectivity index (χ4n) is 1.79. The number of benzene rings is 1. The number of aromatic nitrogens is 1. The number of rotatable bonds is 2. The van der Waals surface area contributed by atoms with Crippen molar-refractivity contribution >= 4 is 16.5 Å². The molecular formula is C12H8F6N2OS. The lowest BCUT2D eigenvalue weighted by molar-refractivity contribution is -0.374. The molecule has 0 unspecified atom stereocenters. The number of aliphatic hydroxyl groups is 1. The van der Waals surface area contributed by atoms with Crippen LogP contribution in [0.25, 0.3) is 11.3 Å². The molecule has 0 saturated heterocycles. The Bertz CT molecular complexity index is 650. The van der Waals surface area contributed by atoms with Crippen LogP contribution in [0.3, 0.4) is 0 Å². The first-order chi connectivity index (χ1) is 9.98. The third-order valence-corrected chi connectivity index (χ3v) is 3.83. The van der Waals surface area contributed by atoms with Gasteiger partial charge in [-0.3, -0.25) is 0 Å². The van der Waals surface area contributed by atoms with Gasteiger partial charge in [0.05, 0.1) is 10.6 Å². The molecule has 10 heteroatoms. The monoisotopic (exact) mass is 342 g/mol. The Labute approximate surface area is 124 Å². The number of halogens is 6. The van der Waals surface area contributed by atoms with Gasteiger partial charge in [-0.15, -0.1) is 0 Å². The maximum Gasteiger partial charge on any atom is 0.431 e. The minimum atomic E-state index is -5.98. The van der Waals surface area contributed by atoms with E-state index in [1.165, 1.54) is 30.3 Å². The van der Waals surface area contributed by atoms with Crippen molar-refractivity contribution in [3.63, 3.8) is 0 Å². The molecule has 3 N–H and O–H groups in total. The predicted molar refractivity (Wildman–Crippen MR) is 68.0 cm³/mol. The van der Waals surface area contributed by atoms with Gasteiger partial charge in [-0.25, -0.2) is 4.98 Å². The van der Waals surface area contributed by atoms with E-state index < -0.39 is 33.7 Å². The highest BCUT2D eigenvalue weighted by molar-refractivity contribution is 7.16. The van der Waals surface area contributed by atoms with Gasteiger partial charge in [-0.05, 0) is 0 Å². The van der Waals surface area contributed by atoms with Crippen molar-refractivity contribution in [3.05, 3.63) is 35.2 Å². The van der Waals surface area contributed by atoms with Crippen molar-refractivity contribution in [2.24, 2.45) is 0 Å². The smallest absolute Gasteiger partial charge is 0.375 e. The van der Waals surface area contributed by atoms with Crippen LogP contribution in [-0.4, -0.2) is 22.4 Å². The van der Waals surface area contributed by atoms with E-state index in [0.29, 0.717) is 0 Å². The first kappa shape index (κ1) is 16.6. The maximum absolute atomic E-state index is 13.0. The SMILES string of the molecule is Nc1nc(-c2ccccc2)c(C(O)(C(F)(F)F)C(F)(F)F)s1. The molecule has 1 heterocycles. The van der Waals surface area contributed by atoms with Crippen LogP contribution in [0.4, 0.5) is 31.5 Å². The van der Waals surface area contributed by atoms with Gasteiger partial charge in [0.1, 0.15) is 0 Å². The molecule has 0 aliphatic rings. The van der Waals surface area contributed by atoms with Crippen molar-refractivity contribution < 1.29 is 31.4 Å². The fourth-order valence-corrected chi connectivity index (χ4v) is 2.78. The summed E-state index contributed by atoms with van der Waals surface area (Å²) in [6.07, 6.45) is -12.0. The lowest BCUT2D eigenvalue weighted by Crippen LogP contribution is -2.53. The highest BCUT2D eigenvalue weighted by Crippen LogP contribution is 2.54. The Morgan fingerprint density at radius 1 is 0.955 bits per heavy atom. The second-order valence-corrected chi connectivity index (χ2v) is 5.33. The van der Waals surface area contributed by atoms with Crippen LogP contribution >= 0.6 is 11.3 Å². The van der Waals surface area contributed by atoms with Gasteiger partial charge < -0.3 is 10.8 Å². The summed E-state index contributed by atoms with van der Waals surface area (Å²) >= 11 is -0.0534. The summed E-state index contributed by atoms with van der Waals surface area (Å²) in [6.45, 7) is 0. The zero-order valence-electron chi connectivity index (χ0n) is 10.5. The van der Waals surface area contributed by atoms with E-state index in [1.54, 1.807) is 0 Å². The van der Waals surface area contributed by atoms with Crippen LogP contribution in [0, 0.1) is 0 Å². The van der Waals surface area contributed by atoms with Gasteiger partial charge in [0.25, 0.3) is 5.60 Å². The average molecular weight is 342 g/mol. The summed E-state index contributed by atoms with van der Waals surface area (Å²) in [7, 11) is 0. The molecule has 0 bridgehead atoms. The van der Waals surface area contributed by atoms with Crippen LogP contribution in [-0.2, 0) is 5.60 Å². The highest BCUT2D eigenvalue weighted by Gasteiger charge is 2.73. The molecule has 1 aromatic carbocycles. The largest absolute Gasteiger partial charge is 0.431 e. The number of anilines is 1. The predicted octanol–water partition coefficient (Wildman–Crippen LogP) is 3.70. The van der Waals surface area contributed by atoms with Gasteiger partial charge in [-0.1, -0.05) is 41.7 Å². The van der Waals surface area contributed by atoms with Crippen LogP contribution in [0.5, 0.6) is 0 Å². The molecule has 120 valence electrons.